The maximum atomic E-state index is 12.7. The number of nitrogens with zero attached hydrogens (tertiary/aromatic N) is 1. The summed E-state index contributed by atoms with van der Waals surface area (Å²) in [7, 11) is 1.62. The van der Waals surface area contributed by atoms with Gasteiger partial charge in [0, 0.05) is 41.8 Å². The fourth-order valence-electron chi connectivity index (χ4n) is 4.71. The van der Waals surface area contributed by atoms with Crippen molar-refractivity contribution in [3.8, 4) is 5.75 Å². The number of carboxylic acids is 1. The second-order valence-corrected chi connectivity index (χ2v) is 8.63. The molecule has 2 aromatic carbocycles. The predicted molar refractivity (Wildman–Crippen MR) is 121 cm³/mol. The van der Waals surface area contributed by atoms with Crippen molar-refractivity contribution >= 4 is 16.9 Å². The van der Waals surface area contributed by atoms with Gasteiger partial charge in [0.25, 0.3) is 0 Å². The number of alkyl halides is 3. The number of benzene rings is 2. The smallest absolute Gasteiger partial charge is 0.411 e. The standard InChI is InChI=1S/C25H27F3N2O4/c1-15-11-22(33-2)20(19-7-9-29-23(15)19)13-30-10-8-18(34-14-25(26,27)28)12-21(30)16-3-5-17(6-4-16)24(31)32/h3-7,9,11,18,21,29H,8,10,12-14H2,1-2H3,(H,31,32)/t18-,21+/m0/s1. The van der Waals surface area contributed by atoms with Crippen molar-refractivity contribution in [2.75, 3.05) is 20.3 Å². The molecule has 1 aliphatic heterocycles. The molecule has 2 heterocycles. The van der Waals surface area contributed by atoms with Crippen LogP contribution in [0.25, 0.3) is 10.9 Å². The van der Waals surface area contributed by atoms with Crippen molar-refractivity contribution in [1.82, 2.24) is 9.88 Å². The van der Waals surface area contributed by atoms with Crippen LogP contribution >= 0.6 is 0 Å². The van der Waals surface area contributed by atoms with Gasteiger partial charge < -0.3 is 19.6 Å². The number of halogens is 3. The maximum absolute atomic E-state index is 12.7. The van der Waals surface area contributed by atoms with Crippen LogP contribution in [0.1, 0.15) is 45.9 Å². The number of methoxy groups -OCH3 is 1. The Bertz CT molecular complexity index is 1160. The number of ether oxygens (including phenoxy) is 2. The molecule has 9 heteroatoms. The molecule has 0 bridgehead atoms. The highest BCUT2D eigenvalue weighted by molar-refractivity contribution is 5.88. The van der Waals surface area contributed by atoms with Gasteiger partial charge in [0.05, 0.1) is 18.8 Å². The number of rotatable bonds is 7. The lowest BCUT2D eigenvalue weighted by atomic mass is 9.91. The Balaban J connectivity index is 1.65. The number of aromatic carboxylic acids is 1. The zero-order valence-electron chi connectivity index (χ0n) is 19.0. The van der Waals surface area contributed by atoms with Crippen molar-refractivity contribution in [3.05, 3.63) is 64.8 Å². The van der Waals surface area contributed by atoms with Gasteiger partial charge in [-0.15, -0.1) is 0 Å². The molecule has 0 unspecified atom stereocenters. The van der Waals surface area contributed by atoms with E-state index >= 15 is 0 Å². The van der Waals surface area contributed by atoms with Crippen LogP contribution in [0.5, 0.6) is 5.75 Å². The topological polar surface area (TPSA) is 74.8 Å². The third kappa shape index (κ3) is 5.20. The summed E-state index contributed by atoms with van der Waals surface area (Å²) in [6.45, 7) is 1.77. The zero-order valence-corrected chi connectivity index (χ0v) is 19.0. The first kappa shape index (κ1) is 24.1. The van der Waals surface area contributed by atoms with E-state index in [4.69, 9.17) is 9.47 Å². The van der Waals surface area contributed by atoms with Crippen molar-refractivity contribution in [3.63, 3.8) is 0 Å². The second kappa shape index (κ2) is 9.68. The fraction of sp³-hybridized carbons (Fsp3) is 0.400. The number of carbonyl (C=O) groups is 1. The number of likely N-dealkylation sites (tertiary alicyclic amines) is 1. The summed E-state index contributed by atoms with van der Waals surface area (Å²) < 4.78 is 49.1. The van der Waals surface area contributed by atoms with Gasteiger partial charge in [-0.3, -0.25) is 4.90 Å². The average molecular weight is 476 g/mol. The van der Waals surface area contributed by atoms with E-state index in [0.29, 0.717) is 25.9 Å². The largest absolute Gasteiger partial charge is 0.496 e. The lowest BCUT2D eigenvalue weighted by molar-refractivity contribution is -0.191. The summed E-state index contributed by atoms with van der Waals surface area (Å²) in [5.74, 6) is -0.280. The minimum Gasteiger partial charge on any atom is -0.496 e. The van der Waals surface area contributed by atoms with Crippen molar-refractivity contribution in [1.29, 1.82) is 0 Å². The van der Waals surface area contributed by atoms with Crippen LogP contribution in [0.2, 0.25) is 0 Å². The van der Waals surface area contributed by atoms with Crippen LogP contribution in [0, 0.1) is 6.92 Å². The quantitative estimate of drug-likeness (QED) is 0.473. The summed E-state index contributed by atoms with van der Waals surface area (Å²) in [5, 5.41) is 10.3. The number of H-pyrrole nitrogens is 1. The highest BCUT2D eigenvalue weighted by Gasteiger charge is 2.35. The molecule has 1 saturated heterocycles. The van der Waals surface area contributed by atoms with Gasteiger partial charge in [-0.2, -0.15) is 13.2 Å². The SMILES string of the molecule is COc1cc(C)c2[nH]ccc2c1CN1CC[C@H](OCC(F)(F)F)C[C@@H]1c1ccc(C(=O)O)cc1. The molecule has 0 spiro atoms. The van der Waals surface area contributed by atoms with Crippen LogP contribution in [0.3, 0.4) is 0 Å². The molecule has 0 saturated carbocycles. The summed E-state index contributed by atoms with van der Waals surface area (Å²) in [4.78, 5) is 16.7. The van der Waals surface area contributed by atoms with Gasteiger partial charge in [-0.05, 0) is 55.2 Å². The highest BCUT2D eigenvalue weighted by Crippen LogP contribution is 2.38. The average Bonchev–Trinajstić information content (AvgIpc) is 3.30. The van der Waals surface area contributed by atoms with E-state index in [9.17, 15) is 23.1 Å². The number of fused-ring (bicyclic) bond motifs is 1. The molecule has 6 nitrogen and oxygen atoms in total. The van der Waals surface area contributed by atoms with Crippen LogP contribution < -0.4 is 4.74 Å². The van der Waals surface area contributed by atoms with Crippen LogP contribution in [0.4, 0.5) is 13.2 Å². The van der Waals surface area contributed by atoms with Gasteiger partial charge in [-0.1, -0.05) is 12.1 Å². The fourth-order valence-corrected chi connectivity index (χ4v) is 4.71. The second-order valence-electron chi connectivity index (χ2n) is 8.63. The number of aromatic nitrogens is 1. The lowest BCUT2D eigenvalue weighted by Gasteiger charge is -2.40. The summed E-state index contributed by atoms with van der Waals surface area (Å²) in [6, 6.07) is 10.2. The molecule has 1 aliphatic rings. The number of hydrogen-bond acceptors (Lipinski definition) is 4. The molecule has 2 atom stereocenters. The molecule has 4 rings (SSSR count). The van der Waals surface area contributed by atoms with Gasteiger partial charge in [0.15, 0.2) is 0 Å². The van der Waals surface area contributed by atoms with E-state index in [1.807, 2.05) is 25.3 Å². The van der Waals surface area contributed by atoms with Crippen molar-refractivity contribution in [2.24, 2.45) is 0 Å². The number of piperidine rings is 1. The predicted octanol–water partition coefficient (Wildman–Crippen LogP) is 5.47. The van der Waals surface area contributed by atoms with E-state index < -0.39 is 24.9 Å². The molecule has 0 aliphatic carbocycles. The third-order valence-corrected chi connectivity index (χ3v) is 6.38. The molecule has 0 radical (unpaired) electrons. The third-order valence-electron chi connectivity index (χ3n) is 6.38. The Kier molecular flexibility index (Phi) is 6.86. The number of aromatic amines is 1. The Morgan fingerprint density at radius 1 is 1.24 bits per heavy atom. The van der Waals surface area contributed by atoms with Gasteiger partial charge in [0.2, 0.25) is 0 Å². The normalized spacial score (nSPS) is 19.4. The first-order chi connectivity index (χ1) is 16.2. The molecule has 1 fully saturated rings. The van der Waals surface area contributed by atoms with Crippen LogP contribution in [-0.4, -0.2) is 53.5 Å². The first-order valence-corrected chi connectivity index (χ1v) is 11.1. The van der Waals surface area contributed by atoms with Crippen LogP contribution in [-0.2, 0) is 11.3 Å². The Morgan fingerprint density at radius 2 is 1.97 bits per heavy atom. The maximum Gasteiger partial charge on any atom is 0.411 e. The van der Waals surface area contributed by atoms with Crippen LogP contribution in [0.15, 0.2) is 42.6 Å². The Hall–Kier alpha value is -3.04. The molecule has 34 heavy (non-hydrogen) atoms. The molecule has 182 valence electrons. The summed E-state index contributed by atoms with van der Waals surface area (Å²) in [6.07, 6.45) is -2.23. The van der Waals surface area contributed by atoms with E-state index in [1.54, 1.807) is 19.2 Å². The van der Waals surface area contributed by atoms with E-state index in [0.717, 1.165) is 33.3 Å². The Labute approximate surface area is 195 Å². The first-order valence-electron chi connectivity index (χ1n) is 11.1. The van der Waals surface area contributed by atoms with Gasteiger partial charge in [-0.25, -0.2) is 4.79 Å². The van der Waals surface area contributed by atoms with E-state index in [2.05, 4.69) is 9.88 Å². The minimum atomic E-state index is -4.38. The molecule has 3 aromatic rings. The van der Waals surface area contributed by atoms with Gasteiger partial charge >= 0.3 is 12.1 Å². The lowest BCUT2D eigenvalue weighted by Crippen LogP contribution is -2.40. The van der Waals surface area contributed by atoms with E-state index in [1.165, 1.54) is 12.1 Å². The summed E-state index contributed by atoms with van der Waals surface area (Å²) >= 11 is 0. The number of hydrogen-bond donors (Lipinski definition) is 2. The summed E-state index contributed by atoms with van der Waals surface area (Å²) in [5.41, 5.74) is 4.06. The molecule has 1 aromatic heterocycles. The molecule has 0 amide bonds. The van der Waals surface area contributed by atoms with Crippen molar-refractivity contribution < 1.29 is 32.5 Å². The monoisotopic (exact) mass is 476 g/mol. The highest BCUT2D eigenvalue weighted by atomic mass is 19.4. The number of nitrogens with one attached hydrogen (secondary N) is 1. The van der Waals surface area contributed by atoms with Crippen molar-refractivity contribution in [2.45, 2.75) is 44.6 Å². The molecule has 2 N–H and O–H groups in total. The number of aryl methyl sites for hydroxylation is 1. The zero-order chi connectivity index (χ0) is 24.5. The Morgan fingerprint density at radius 3 is 2.62 bits per heavy atom. The molecular weight excluding hydrogens is 449 g/mol. The van der Waals surface area contributed by atoms with E-state index in [-0.39, 0.29) is 11.6 Å². The minimum absolute atomic E-state index is 0.158. The number of carboxylic acid groups (broad SMARTS) is 1. The molecular formula is C25H27F3N2O4. The van der Waals surface area contributed by atoms with Gasteiger partial charge in [0.1, 0.15) is 12.4 Å².